The van der Waals surface area contributed by atoms with Gasteiger partial charge in [0.15, 0.2) is 0 Å². The van der Waals surface area contributed by atoms with Crippen molar-refractivity contribution in [3.05, 3.63) is 282 Å². The number of hydrogen-bond donors (Lipinski definition) is 5. The number of nitriles is 1. The summed E-state index contributed by atoms with van der Waals surface area (Å²) in [5.74, 6) is -1.27. The Morgan fingerprint density at radius 3 is 0.783 bits per heavy atom. The molecule has 0 fully saturated rings. The molecule has 11 aromatic rings. The minimum Gasteiger partial charge on any atom is -0.477 e. The third kappa shape index (κ3) is 19.3. The van der Waals surface area contributed by atoms with Crippen LogP contribution in [0.1, 0.15) is 264 Å². The lowest BCUT2D eigenvalue weighted by atomic mass is 10.0. The van der Waals surface area contributed by atoms with Gasteiger partial charge >= 0.3 is 5.97 Å². The van der Waals surface area contributed by atoms with Crippen molar-refractivity contribution < 1.29 is 9.90 Å². The quantitative estimate of drug-likeness (QED) is 0.0113. The SMILES string of the molecule is CCCCCc1c2nc(c(CCCCC)c3ccc([nH]3)c(-c3ccc(/C=C/c4ccc(N(c5ccc(/C=C/c6ccc(-c7c8nc(c(CCCCC)c9ccc([nH]9)c(CCCCC)c9nc(c(CCCCC)c%10ccc7[nH]%10)C=C9)C=C8)cc6)cc5)c5ccc(/C=C(\C#N)C(=O)O)cc5)cc4)cc3)c3nc(c(CCCCC)c4ccc1[nH]4)C=C3)C=C2. The van der Waals surface area contributed by atoms with Gasteiger partial charge < -0.3 is 29.9 Å². The van der Waals surface area contributed by atoms with Crippen LogP contribution in [0.3, 0.4) is 0 Å². The normalized spacial score (nSPS) is 12.5. The summed E-state index contributed by atoms with van der Waals surface area (Å²) < 4.78 is 0. The Kier molecular flexibility index (Phi) is 27.2. The first-order chi connectivity index (χ1) is 59.0. The van der Waals surface area contributed by atoms with Crippen LogP contribution in [-0.4, -0.2) is 50.9 Å². The predicted octanol–water partition coefficient (Wildman–Crippen LogP) is 29.2. The molecule has 0 radical (unpaired) electrons. The molecular formula is C108H112N10O2. The molecular weight excluding hydrogens is 1470 g/mol. The number of H-pyrrole nitrogens is 4. The second kappa shape index (κ2) is 39.7. The van der Waals surface area contributed by atoms with Gasteiger partial charge in [-0.2, -0.15) is 5.26 Å². The number of carboxylic acids is 1. The van der Waals surface area contributed by atoms with Crippen LogP contribution in [0, 0.1) is 11.3 Å². The average molecular weight is 1580 g/mol. The zero-order chi connectivity index (χ0) is 82.7. The van der Waals surface area contributed by atoms with E-state index in [1.807, 2.05) is 30.3 Å². The molecule has 4 aliphatic heterocycles. The Bertz CT molecular complexity index is 5790. The van der Waals surface area contributed by atoms with Gasteiger partial charge in [0.2, 0.25) is 0 Å². The van der Waals surface area contributed by atoms with E-state index in [2.05, 4.69) is 285 Å². The molecule has 6 aromatic heterocycles. The Hall–Kier alpha value is -12.7. The fourth-order valence-electron chi connectivity index (χ4n) is 17.1. The third-order valence-electron chi connectivity index (χ3n) is 23.8. The summed E-state index contributed by atoms with van der Waals surface area (Å²) in [5.41, 5.74) is 35.7. The minimum absolute atomic E-state index is 0.331. The summed E-state index contributed by atoms with van der Waals surface area (Å²) in [6.07, 6.45) is 53.9. The van der Waals surface area contributed by atoms with Gasteiger partial charge in [0.05, 0.1) is 45.6 Å². The van der Waals surface area contributed by atoms with Crippen LogP contribution < -0.4 is 4.90 Å². The smallest absolute Gasteiger partial charge is 0.346 e. The number of aryl methyl sites for hydroxylation is 6. The zero-order valence-corrected chi connectivity index (χ0v) is 70.7. The number of fused-ring (bicyclic) bond motifs is 16. The van der Waals surface area contributed by atoms with Crippen molar-refractivity contribution in [3.8, 4) is 28.3 Å². The molecule has 16 bridgehead atoms. The lowest BCUT2D eigenvalue weighted by Crippen LogP contribution is -2.09. The van der Waals surface area contributed by atoms with E-state index in [9.17, 15) is 15.2 Å². The van der Waals surface area contributed by atoms with Gasteiger partial charge in [-0.15, -0.1) is 0 Å². The highest BCUT2D eigenvalue weighted by Crippen LogP contribution is 2.40. The van der Waals surface area contributed by atoms with Crippen LogP contribution in [0.5, 0.6) is 0 Å². The number of benzene rings is 5. The second-order valence-corrected chi connectivity index (χ2v) is 32.4. The summed E-state index contributed by atoms with van der Waals surface area (Å²) in [6.45, 7) is 13.6. The highest BCUT2D eigenvalue weighted by molar-refractivity contribution is 5.98. The molecule has 0 saturated carbocycles. The van der Waals surface area contributed by atoms with Crippen LogP contribution in [0.4, 0.5) is 17.1 Å². The lowest BCUT2D eigenvalue weighted by Gasteiger charge is -2.26. The molecule has 10 heterocycles. The zero-order valence-electron chi connectivity index (χ0n) is 70.7. The first-order valence-electron chi connectivity index (χ1n) is 44.3. The number of aliphatic carboxylic acids is 1. The third-order valence-corrected chi connectivity index (χ3v) is 23.8. The first kappa shape index (κ1) is 82.4. The molecule has 120 heavy (non-hydrogen) atoms. The number of aromatic nitrogens is 8. The number of unbranched alkanes of at least 4 members (excludes halogenated alkanes) is 12. The Morgan fingerprint density at radius 1 is 0.308 bits per heavy atom. The fraction of sp³-hybridized carbons (Fsp3) is 0.278. The standard InChI is InChI=1S/C108H112N10O2/c1-7-13-19-25-84-90-55-59-94(110-90)86(27-21-15-9-3)98-63-67-102(114-98)106(103-68-64-99(115-103)87(28-22-16-10-4)95-60-56-91(84)111-95)78-45-35-73(36-46-78)31-33-75-39-49-81(50-40-75)118(83-53-43-77(44-54-83)71-80(72-109)108(119)120)82-51-41-76(42-52-82)34-32-74-37-47-79(48-38-74)107-104-69-65-100(116-104)88(29-23-17-11-5)96-61-57-92(112-96)85(26-20-14-8-2)93-58-62-97(113-93)89(30-24-18-12-6)101-66-70-105(107)117-101/h31-71,110,112,115,117H,7-30H2,1-6H3,(H,119,120)/b33-31+,34-32+,80-71+,90-84?,91-84?,92-85?,93-85?,94-86?,95-87?,96-88?,97-89?,98-86?,99-87?,100-88?,101-89?,106-102?,106-103?,107-104?,107-105?. The highest BCUT2D eigenvalue weighted by Gasteiger charge is 2.22. The van der Waals surface area contributed by atoms with Crippen molar-refractivity contribution in [1.29, 1.82) is 5.26 Å². The molecule has 5 N–H and O–H groups in total. The number of rotatable bonds is 35. The van der Waals surface area contributed by atoms with Crippen molar-refractivity contribution in [1.82, 2.24) is 39.9 Å². The molecule has 4 aliphatic rings. The van der Waals surface area contributed by atoms with E-state index < -0.39 is 5.97 Å². The number of carbonyl (C=O) groups is 1. The van der Waals surface area contributed by atoms with E-state index >= 15 is 0 Å². The number of nitrogens with zero attached hydrogens (tertiary/aromatic N) is 6. The van der Waals surface area contributed by atoms with E-state index in [1.165, 1.54) is 52.3 Å². The maximum absolute atomic E-state index is 11.9. The fourth-order valence-corrected chi connectivity index (χ4v) is 17.1. The van der Waals surface area contributed by atoms with Gasteiger partial charge in [-0.05, 0) is 256 Å². The predicted molar refractivity (Wildman–Crippen MR) is 508 cm³/mol. The summed E-state index contributed by atoms with van der Waals surface area (Å²) in [7, 11) is 0. The van der Waals surface area contributed by atoms with E-state index in [1.54, 1.807) is 0 Å². The number of hydrogen-bond acceptors (Lipinski definition) is 7. The highest BCUT2D eigenvalue weighted by atomic mass is 16.4. The Balaban J connectivity index is 0.726. The molecule has 0 spiro atoms. The summed E-state index contributed by atoms with van der Waals surface area (Å²) in [6, 6.07) is 62.2. The van der Waals surface area contributed by atoms with Gasteiger partial charge in [0.25, 0.3) is 0 Å². The Labute approximate surface area is 707 Å². The minimum atomic E-state index is -1.27. The second-order valence-electron chi connectivity index (χ2n) is 32.4. The van der Waals surface area contributed by atoms with Crippen molar-refractivity contribution in [2.75, 3.05) is 4.90 Å². The number of aromatic amines is 4. The van der Waals surface area contributed by atoms with Crippen LogP contribution in [0.25, 0.3) is 145 Å². The van der Waals surface area contributed by atoms with Crippen LogP contribution in [0.2, 0.25) is 0 Å². The summed E-state index contributed by atoms with van der Waals surface area (Å²) >= 11 is 0. The monoisotopic (exact) mass is 1580 g/mol. The summed E-state index contributed by atoms with van der Waals surface area (Å²) in [5, 5.41) is 19.4. The topological polar surface area (TPSA) is 179 Å². The van der Waals surface area contributed by atoms with Gasteiger partial charge in [0.1, 0.15) is 11.6 Å². The Morgan fingerprint density at radius 2 is 0.533 bits per heavy atom. The molecule has 0 atom stereocenters. The van der Waals surface area contributed by atoms with Gasteiger partial charge in [0, 0.05) is 106 Å². The number of nitrogens with one attached hydrogen (secondary N) is 4. The summed E-state index contributed by atoms with van der Waals surface area (Å²) in [4.78, 5) is 51.9. The van der Waals surface area contributed by atoms with Crippen molar-refractivity contribution in [3.63, 3.8) is 0 Å². The molecule has 5 aromatic carbocycles. The van der Waals surface area contributed by atoms with Gasteiger partial charge in [-0.3, -0.25) is 0 Å². The molecule has 0 unspecified atom stereocenters. The lowest BCUT2D eigenvalue weighted by molar-refractivity contribution is -0.132. The van der Waals surface area contributed by atoms with E-state index in [0.717, 1.165) is 293 Å². The number of carboxylic acid groups (broad SMARTS) is 1. The van der Waals surface area contributed by atoms with Crippen molar-refractivity contribution in [2.24, 2.45) is 0 Å². The van der Waals surface area contributed by atoms with Crippen LogP contribution in [0.15, 0.2) is 175 Å². The molecule has 12 heteroatoms. The maximum atomic E-state index is 11.9. The van der Waals surface area contributed by atoms with Crippen molar-refractivity contribution in [2.45, 2.75) is 196 Å². The molecule has 12 nitrogen and oxygen atoms in total. The van der Waals surface area contributed by atoms with Gasteiger partial charge in [-0.1, -0.05) is 228 Å². The molecule has 0 aliphatic carbocycles. The van der Waals surface area contributed by atoms with E-state index in [-0.39, 0.29) is 5.57 Å². The van der Waals surface area contributed by atoms with Crippen molar-refractivity contribution >= 4 is 146 Å². The average Bonchev–Trinajstić information content (AvgIpc) is 1.68. The first-order valence-corrected chi connectivity index (χ1v) is 44.3. The largest absolute Gasteiger partial charge is 0.477 e. The number of anilines is 3. The van der Waals surface area contributed by atoms with Crippen LogP contribution >= 0.6 is 0 Å². The molecule has 0 saturated heterocycles. The van der Waals surface area contributed by atoms with Crippen LogP contribution in [-0.2, 0) is 43.3 Å². The molecule has 606 valence electrons. The molecule has 15 rings (SSSR count). The van der Waals surface area contributed by atoms with E-state index in [4.69, 9.17) is 19.9 Å². The van der Waals surface area contributed by atoms with Gasteiger partial charge in [-0.25, -0.2) is 24.7 Å². The molecule has 0 amide bonds. The maximum Gasteiger partial charge on any atom is 0.346 e. The van der Waals surface area contributed by atoms with E-state index in [0.29, 0.717) is 5.56 Å².